The third-order valence-corrected chi connectivity index (χ3v) is 2.91. The van der Waals surface area contributed by atoms with Crippen molar-refractivity contribution in [3.63, 3.8) is 0 Å². The van der Waals surface area contributed by atoms with Crippen LogP contribution in [0.15, 0.2) is 4.63 Å². The van der Waals surface area contributed by atoms with E-state index in [0.29, 0.717) is 0 Å². The number of hydrogen-bond donors (Lipinski definition) is 2. The molecule has 1 aromatic heterocycles. The van der Waals surface area contributed by atoms with Crippen molar-refractivity contribution < 1.29 is 14.2 Å². The smallest absolute Gasteiger partial charge is 0.407 e. The van der Waals surface area contributed by atoms with Crippen LogP contribution < -0.4 is 10.6 Å². The third kappa shape index (κ3) is 3.44. The summed E-state index contributed by atoms with van der Waals surface area (Å²) < 4.78 is 9.97. The summed E-state index contributed by atoms with van der Waals surface area (Å²) in [5, 5.41) is 13.8. The van der Waals surface area contributed by atoms with Crippen molar-refractivity contribution >= 4 is 6.09 Å². The monoisotopic (exact) mass is 268 g/mol. The molecule has 1 aromatic rings. The van der Waals surface area contributed by atoms with E-state index in [-0.39, 0.29) is 12.1 Å². The minimum atomic E-state index is -0.503. The number of nitrogens with one attached hydrogen (secondary N) is 2. The summed E-state index contributed by atoms with van der Waals surface area (Å²) >= 11 is 0. The van der Waals surface area contributed by atoms with Crippen molar-refractivity contribution in [1.29, 1.82) is 0 Å². The number of hydrogen-bond acceptors (Lipinski definition) is 6. The molecule has 2 atom stereocenters. The van der Waals surface area contributed by atoms with Crippen LogP contribution in [0.3, 0.4) is 0 Å². The molecule has 1 aliphatic heterocycles. The highest BCUT2D eigenvalue weighted by Crippen LogP contribution is 2.24. The lowest BCUT2D eigenvalue weighted by molar-refractivity contribution is 0.0499. The van der Waals surface area contributed by atoms with Gasteiger partial charge in [0.1, 0.15) is 17.0 Å². The molecule has 1 saturated heterocycles. The molecular weight excluding hydrogens is 248 g/mol. The standard InChI is InChI=1S/C12H20N4O3/c1-7-9(16-19-15-7)10-8(5-6-13-10)14-11(17)18-12(2,3)4/h8,10,13H,5-6H2,1-4H3,(H,14,17)/t8-,10-/m1/s1. The zero-order valence-electron chi connectivity index (χ0n) is 11.7. The molecule has 0 bridgehead atoms. The average Bonchev–Trinajstić information content (AvgIpc) is 2.83. The molecule has 7 heteroatoms. The summed E-state index contributed by atoms with van der Waals surface area (Å²) in [5.74, 6) is 0. The van der Waals surface area contributed by atoms with Crippen LogP contribution in [0, 0.1) is 6.92 Å². The van der Waals surface area contributed by atoms with Crippen LogP contribution in [0.1, 0.15) is 44.6 Å². The van der Waals surface area contributed by atoms with Crippen LogP contribution in [0.2, 0.25) is 0 Å². The summed E-state index contributed by atoms with van der Waals surface area (Å²) in [4.78, 5) is 11.8. The normalized spacial score (nSPS) is 23.4. The molecule has 2 rings (SSSR count). The van der Waals surface area contributed by atoms with E-state index in [4.69, 9.17) is 9.37 Å². The number of carbonyl (C=O) groups is 1. The topological polar surface area (TPSA) is 89.3 Å². The Morgan fingerprint density at radius 3 is 2.79 bits per heavy atom. The molecule has 0 radical (unpaired) electrons. The van der Waals surface area contributed by atoms with Crippen molar-refractivity contribution in [2.45, 2.75) is 51.8 Å². The SMILES string of the molecule is Cc1nonc1[C@@H]1NCC[C@H]1NC(=O)OC(C)(C)C. The predicted octanol–water partition coefficient (Wildman–Crippen LogP) is 1.31. The fourth-order valence-electron chi connectivity index (χ4n) is 2.13. The molecule has 2 N–H and O–H groups in total. The quantitative estimate of drug-likeness (QED) is 0.840. The first-order valence-corrected chi connectivity index (χ1v) is 6.39. The van der Waals surface area contributed by atoms with Crippen LogP contribution >= 0.6 is 0 Å². The van der Waals surface area contributed by atoms with Gasteiger partial charge in [-0.2, -0.15) is 0 Å². The maximum Gasteiger partial charge on any atom is 0.407 e. The van der Waals surface area contributed by atoms with Gasteiger partial charge in [0.25, 0.3) is 0 Å². The molecule has 0 spiro atoms. The summed E-state index contributed by atoms with van der Waals surface area (Å²) in [7, 11) is 0. The molecule has 1 amide bonds. The van der Waals surface area contributed by atoms with Gasteiger partial charge in [-0.05, 0) is 40.7 Å². The first-order chi connectivity index (χ1) is 8.87. The number of aromatic nitrogens is 2. The highest BCUT2D eigenvalue weighted by molar-refractivity contribution is 5.68. The fraction of sp³-hybridized carbons (Fsp3) is 0.750. The van der Waals surface area contributed by atoms with Crippen LogP contribution in [0.4, 0.5) is 4.79 Å². The lowest BCUT2D eigenvalue weighted by Crippen LogP contribution is -2.41. The molecular formula is C12H20N4O3. The Morgan fingerprint density at radius 1 is 1.47 bits per heavy atom. The van der Waals surface area contributed by atoms with Crippen LogP contribution in [0.5, 0.6) is 0 Å². The Labute approximate surface area is 112 Å². The van der Waals surface area contributed by atoms with Crippen molar-refractivity contribution in [2.75, 3.05) is 6.54 Å². The minimum Gasteiger partial charge on any atom is -0.444 e. The number of aryl methyl sites for hydroxylation is 1. The van der Waals surface area contributed by atoms with E-state index < -0.39 is 11.7 Å². The number of carbonyl (C=O) groups excluding carboxylic acids is 1. The Morgan fingerprint density at radius 2 is 2.21 bits per heavy atom. The van der Waals surface area contributed by atoms with E-state index in [1.54, 1.807) is 0 Å². The number of amides is 1. The molecule has 1 fully saturated rings. The summed E-state index contributed by atoms with van der Waals surface area (Å²) in [6.07, 6.45) is 0.399. The van der Waals surface area contributed by atoms with E-state index in [2.05, 4.69) is 20.9 Å². The predicted molar refractivity (Wildman–Crippen MR) is 67.6 cm³/mol. The van der Waals surface area contributed by atoms with Crippen molar-refractivity contribution in [3.05, 3.63) is 11.4 Å². The lowest BCUT2D eigenvalue weighted by atomic mass is 10.1. The van der Waals surface area contributed by atoms with Gasteiger partial charge in [-0.1, -0.05) is 10.3 Å². The van der Waals surface area contributed by atoms with Gasteiger partial charge in [0.05, 0.1) is 12.1 Å². The highest BCUT2D eigenvalue weighted by Gasteiger charge is 2.34. The van der Waals surface area contributed by atoms with Gasteiger partial charge >= 0.3 is 6.09 Å². The van der Waals surface area contributed by atoms with Gasteiger partial charge in [-0.25, -0.2) is 9.42 Å². The summed E-state index contributed by atoms with van der Waals surface area (Å²) in [6, 6.07) is -0.154. The van der Waals surface area contributed by atoms with Gasteiger partial charge in [0.2, 0.25) is 0 Å². The Kier molecular flexibility index (Phi) is 3.75. The van der Waals surface area contributed by atoms with E-state index >= 15 is 0 Å². The zero-order valence-corrected chi connectivity index (χ0v) is 11.7. The Hall–Kier alpha value is -1.63. The number of nitrogens with zero attached hydrogens (tertiary/aromatic N) is 2. The summed E-state index contributed by atoms with van der Waals surface area (Å²) in [5.41, 5.74) is 0.964. The van der Waals surface area contributed by atoms with Crippen LogP contribution in [-0.2, 0) is 4.74 Å². The third-order valence-electron chi connectivity index (χ3n) is 2.91. The molecule has 0 aromatic carbocycles. The molecule has 106 valence electrons. The van der Waals surface area contributed by atoms with Gasteiger partial charge in [0, 0.05) is 0 Å². The molecule has 0 aliphatic carbocycles. The van der Waals surface area contributed by atoms with Crippen LogP contribution in [0.25, 0.3) is 0 Å². The first-order valence-electron chi connectivity index (χ1n) is 6.39. The average molecular weight is 268 g/mol. The highest BCUT2D eigenvalue weighted by atomic mass is 16.6. The zero-order chi connectivity index (χ0) is 14.0. The maximum atomic E-state index is 11.8. The number of alkyl carbamates (subject to hydrolysis) is 1. The van der Waals surface area contributed by atoms with Crippen LogP contribution in [-0.4, -0.2) is 34.6 Å². The summed E-state index contributed by atoms with van der Waals surface area (Å²) in [6.45, 7) is 8.14. The van der Waals surface area contributed by atoms with E-state index in [1.165, 1.54) is 0 Å². The molecule has 0 unspecified atom stereocenters. The second kappa shape index (κ2) is 5.16. The maximum absolute atomic E-state index is 11.8. The second-order valence-corrected chi connectivity index (χ2v) is 5.71. The van der Waals surface area contributed by atoms with Gasteiger partial charge in [-0.3, -0.25) is 0 Å². The first kappa shape index (κ1) is 13.8. The largest absolute Gasteiger partial charge is 0.444 e. The van der Waals surface area contributed by atoms with E-state index in [0.717, 1.165) is 24.4 Å². The Balaban J connectivity index is 2.00. The van der Waals surface area contributed by atoms with Crippen molar-refractivity contribution in [3.8, 4) is 0 Å². The van der Waals surface area contributed by atoms with Crippen molar-refractivity contribution in [2.24, 2.45) is 0 Å². The van der Waals surface area contributed by atoms with Gasteiger partial charge < -0.3 is 15.4 Å². The van der Waals surface area contributed by atoms with E-state index in [9.17, 15) is 4.79 Å². The number of ether oxygens (including phenoxy) is 1. The van der Waals surface area contributed by atoms with Gasteiger partial charge in [0.15, 0.2) is 0 Å². The lowest BCUT2D eigenvalue weighted by Gasteiger charge is -2.23. The molecule has 0 saturated carbocycles. The molecule has 1 aliphatic rings. The van der Waals surface area contributed by atoms with E-state index in [1.807, 2.05) is 27.7 Å². The molecule has 7 nitrogen and oxygen atoms in total. The Bertz CT molecular complexity index is 452. The number of rotatable bonds is 2. The second-order valence-electron chi connectivity index (χ2n) is 5.71. The fourth-order valence-corrected chi connectivity index (χ4v) is 2.13. The molecule has 19 heavy (non-hydrogen) atoms. The van der Waals surface area contributed by atoms with Crippen molar-refractivity contribution in [1.82, 2.24) is 20.9 Å². The van der Waals surface area contributed by atoms with Gasteiger partial charge in [-0.15, -0.1) is 0 Å². The minimum absolute atomic E-state index is 0.0690. The molecule has 2 heterocycles.